The van der Waals surface area contributed by atoms with Crippen molar-refractivity contribution in [1.29, 1.82) is 0 Å². The van der Waals surface area contributed by atoms with E-state index in [1.54, 1.807) is 13.0 Å². The van der Waals surface area contributed by atoms with Crippen LogP contribution in [0.3, 0.4) is 0 Å². The molecule has 104 valence electrons. The van der Waals surface area contributed by atoms with E-state index in [0.717, 1.165) is 6.42 Å². The number of H-pyrrole nitrogens is 1. The number of carbonyl (C=O) groups is 2. The van der Waals surface area contributed by atoms with Crippen LogP contribution in [0.1, 0.15) is 35.8 Å². The van der Waals surface area contributed by atoms with Gasteiger partial charge in [0.2, 0.25) is 0 Å². The third-order valence-electron chi connectivity index (χ3n) is 2.80. The van der Waals surface area contributed by atoms with Crippen molar-refractivity contribution in [2.45, 2.75) is 26.7 Å². The molecule has 1 heterocycles. The first-order valence-corrected chi connectivity index (χ1v) is 6.16. The summed E-state index contributed by atoms with van der Waals surface area (Å²) in [6.45, 7) is 3.61. The number of pyridine rings is 1. The van der Waals surface area contributed by atoms with Crippen molar-refractivity contribution in [1.82, 2.24) is 10.3 Å². The van der Waals surface area contributed by atoms with Crippen molar-refractivity contribution in [2.75, 3.05) is 6.54 Å². The van der Waals surface area contributed by atoms with Crippen molar-refractivity contribution in [3.63, 3.8) is 0 Å². The Morgan fingerprint density at radius 1 is 1.42 bits per heavy atom. The number of hydrogen-bond acceptors (Lipinski definition) is 3. The predicted octanol–water partition coefficient (Wildman–Crippen LogP) is 0.914. The Balaban J connectivity index is 2.69. The fraction of sp³-hybridized carbons (Fsp3) is 0.462. The van der Waals surface area contributed by atoms with Gasteiger partial charge in [-0.2, -0.15) is 0 Å². The molecule has 1 amide bonds. The maximum Gasteiger partial charge on any atom is 0.308 e. The van der Waals surface area contributed by atoms with Crippen LogP contribution in [0.15, 0.2) is 16.9 Å². The average molecular weight is 266 g/mol. The van der Waals surface area contributed by atoms with Gasteiger partial charge in [-0.05, 0) is 25.5 Å². The van der Waals surface area contributed by atoms with Gasteiger partial charge in [0.15, 0.2) is 0 Å². The van der Waals surface area contributed by atoms with Gasteiger partial charge in [-0.15, -0.1) is 0 Å². The number of aliphatic carboxylic acids is 1. The lowest BCUT2D eigenvalue weighted by Gasteiger charge is -2.12. The van der Waals surface area contributed by atoms with Crippen molar-refractivity contribution < 1.29 is 14.7 Å². The number of aromatic nitrogens is 1. The zero-order valence-corrected chi connectivity index (χ0v) is 11.0. The van der Waals surface area contributed by atoms with Crippen LogP contribution < -0.4 is 10.9 Å². The van der Waals surface area contributed by atoms with Crippen molar-refractivity contribution in [3.8, 4) is 0 Å². The fourth-order valence-electron chi connectivity index (χ4n) is 1.72. The molecular weight excluding hydrogens is 248 g/mol. The zero-order valence-electron chi connectivity index (χ0n) is 11.0. The Kier molecular flexibility index (Phi) is 5.29. The maximum absolute atomic E-state index is 11.8. The van der Waals surface area contributed by atoms with Gasteiger partial charge < -0.3 is 15.4 Å². The minimum Gasteiger partial charge on any atom is -0.481 e. The molecule has 19 heavy (non-hydrogen) atoms. The third kappa shape index (κ3) is 4.24. The maximum atomic E-state index is 11.8. The topological polar surface area (TPSA) is 99.3 Å². The van der Waals surface area contributed by atoms with Gasteiger partial charge in [0.05, 0.1) is 5.92 Å². The molecular formula is C13H18N2O4. The highest BCUT2D eigenvalue weighted by Gasteiger charge is 2.18. The van der Waals surface area contributed by atoms with Crippen LogP contribution >= 0.6 is 0 Å². The van der Waals surface area contributed by atoms with Crippen LogP contribution in [-0.2, 0) is 4.79 Å². The van der Waals surface area contributed by atoms with E-state index in [9.17, 15) is 14.4 Å². The molecule has 1 aromatic rings. The van der Waals surface area contributed by atoms with Gasteiger partial charge in [-0.25, -0.2) is 0 Å². The molecule has 0 saturated heterocycles. The van der Waals surface area contributed by atoms with E-state index in [-0.39, 0.29) is 12.1 Å². The SMILES string of the molecule is CCCC(CNC(=O)c1ccc(C)[nH]c1=O)C(=O)O. The summed E-state index contributed by atoms with van der Waals surface area (Å²) >= 11 is 0. The molecule has 6 heteroatoms. The lowest BCUT2D eigenvalue weighted by Crippen LogP contribution is -2.35. The molecule has 6 nitrogen and oxygen atoms in total. The largest absolute Gasteiger partial charge is 0.481 e. The molecule has 0 fully saturated rings. The van der Waals surface area contributed by atoms with E-state index in [1.807, 2.05) is 6.92 Å². The first kappa shape index (κ1) is 14.9. The molecule has 1 unspecified atom stereocenters. The van der Waals surface area contributed by atoms with Crippen LogP contribution in [-0.4, -0.2) is 28.5 Å². The standard InChI is InChI=1S/C13H18N2O4/c1-3-4-9(13(18)19)7-14-11(16)10-6-5-8(2)15-12(10)17/h5-6,9H,3-4,7H2,1-2H3,(H,14,16)(H,15,17)(H,18,19). The first-order chi connectivity index (χ1) is 8.95. The Morgan fingerprint density at radius 2 is 2.11 bits per heavy atom. The van der Waals surface area contributed by atoms with Crippen molar-refractivity contribution in [3.05, 3.63) is 33.7 Å². The number of carbonyl (C=O) groups excluding carboxylic acids is 1. The van der Waals surface area contributed by atoms with E-state index >= 15 is 0 Å². The van der Waals surface area contributed by atoms with Gasteiger partial charge in [-0.1, -0.05) is 13.3 Å². The van der Waals surface area contributed by atoms with Crippen molar-refractivity contribution in [2.24, 2.45) is 5.92 Å². The summed E-state index contributed by atoms with van der Waals surface area (Å²) < 4.78 is 0. The number of carboxylic acids is 1. The second-order valence-electron chi connectivity index (χ2n) is 4.42. The highest BCUT2D eigenvalue weighted by atomic mass is 16.4. The smallest absolute Gasteiger partial charge is 0.308 e. The van der Waals surface area contributed by atoms with Crippen LogP contribution in [0, 0.1) is 12.8 Å². The first-order valence-electron chi connectivity index (χ1n) is 6.16. The summed E-state index contributed by atoms with van der Waals surface area (Å²) in [5.74, 6) is -2.12. The number of hydrogen-bond donors (Lipinski definition) is 3. The van der Waals surface area contributed by atoms with E-state index < -0.39 is 23.4 Å². The monoisotopic (exact) mass is 266 g/mol. The molecule has 0 aromatic carbocycles. The normalized spacial score (nSPS) is 11.9. The molecule has 1 aromatic heterocycles. The van der Waals surface area contributed by atoms with E-state index in [1.165, 1.54) is 6.07 Å². The number of aryl methyl sites for hydroxylation is 1. The highest BCUT2D eigenvalue weighted by molar-refractivity contribution is 5.94. The lowest BCUT2D eigenvalue weighted by molar-refractivity contribution is -0.141. The second-order valence-corrected chi connectivity index (χ2v) is 4.42. The predicted molar refractivity (Wildman–Crippen MR) is 70.2 cm³/mol. The molecule has 0 aliphatic carbocycles. The minimum absolute atomic E-state index is 0.00811. The number of amides is 1. The summed E-state index contributed by atoms with van der Waals surface area (Å²) in [4.78, 5) is 36.8. The quantitative estimate of drug-likeness (QED) is 0.712. The number of carboxylic acid groups (broad SMARTS) is 1. The number of rotatable bonds is 6. The Morgan fingerprint density at radius 3 is 2.63 bits per heavy atom. The Hall–Kier alpha value is -2.11. The van der Waals surface area contributed by atoms with Gasteiger partial charge in [0.1, 0.15) is 5.56 Å². The average Bonchev–Trinajstić information content (AvgIpc) is 2.33. The summed E-state index contributed by atoms with van der Waals surface area (Å²) in [6.07, 6.45) is 1.21. The lowest BCUT2D eigenvalue weighted by atomic mass is 10.0. The molecule has 0 saturated carbocycles. The van der Waals surface area contributed by atoms with E-state index in [2.05, 4.69) is 10.3 Å². The molecule has 0 aliphatic heterocycles. The van der Waals surface area contributed by atoms with Gasteiger partial charge >= 0.3 is 5.97 Å². The van der Waals surface area contributed by atoms with Gasteiger partial charge in [0.25, 0.3) is 11.5 Å². The Bertz CT molecular complexity index is 522. The molecule has 1 atom stereocenters. The molecule has 0 radical (unpaired) electrons. The Labute approximate surface area is 110 Å². The summed E-state index contributed by atoms with van der Waals surface area (Å²) in [6, 6.07) is 3.05. The third-order valence-corrected chi connectivity index (χ3v) is 2.80. The number of nitrogens with one attached hydrogen (secondary N) is 2. The number of aromatic amines is 1. The van der Waals surface area contributed by atoms with Crippen LogP contribution in [0.25, 0.3) is 0 Å². The van der Waals surface area contributed by atoms with Crippen molar-refractivity contribution >= 4 is 11.9 Å². The summed E-state index contributed by atoms with van der Waals surface area (Å²) in [5.41, 5.74) is 0.182. The van der Waals surface area contributed by atoms with E-state index in [0.29, 0.717) is 12.1 Å². The van der Waals surface area contributed by atoms with Crippen LogP contribution in [0.4, 0.5) is 0 Å². The summed E-state index contributed by atoms with van der Waals surface area (Å²) in [5, 5.41) is 11.4. The van der Waals surface area contributed by atoms with Crippen LogP contribution in [0.2, 0.25) is 0 Å². The molecule has 0 bridgehead atoms. The van der Waals surface area contributed by atoms with Gasteiger partial charge in [0, 0.05) is 12.2 Å². The van der Waals surface area contributed by atoms with E-state index in [4.69, 9.17) is 5.11 Å². The molecule has 3 N–H and O–H groups in total. The minimum atomic E-state index is -0.944. The molecule has 0 spiro atoms. The zero-order chi connectivity index (χ0) is 14.4. The van der Waals surface area contributed by atoms with Crippen LogP contribution in [0.5, 0.6) is 0 Å². The highest BCUT2D eigenvalue weighted by Crippen LogP contribution is 2.05. The molecule has 0 aliphatic rings. The second kappa shape index (κ2) is 6.72. The molecule has 1 rings (SSSR count). The van der Waals surface area contributed by atoms with Gasteiger partial charge in [-0.3, -0.25) is 14.4 Å². The fourth-order valence-corrected chi connectivity index (χ4v) is 1.72. The summed E-state index contributed by atoms with van der Waals surface area (Å²) in [7, 11) is 0.